The molecular formula is C17H27N3O. The minimum Gasteiger partial charge on any atom is -0.310 e. The minimum absolute atomic E-state index is 0.0316. The Morgan fingerprint density at radius 1 is 1.14 bits per heavy atom. The number of benzene rings is 1. The average molecular weight is 289 g/mol. The third-order valence-corrected chi connectivity index (χ3v) is 4.05. The van der Waals surface area contributed by atoms with Gasteiger partial charge in [0.1, 0.15) is 0 Å². The van der Waals surface area contributed by atoms with Crippen LogP contribution >= 0.6 is 0 Å². The van der Waals surface area contributed by atoms with E-state index >= 15 is 0 Å². The lowest BCUT2D eigenvalue weighted by molar-refractivity contribution is 0.430. The van der Waals surface area contributed by atoms with Crippen LogP contribution in [0.1, 0.15) is 45.2 Å². The van der Waals surface area contributed by atoms with Crippen molar-refractivity contribution in [2.75, 3.05) is 6.54 Å². The number of hydrogen-bond acceptors (Lipinski definition) is 2. The molecule has 0 spiro atoms. The topological polar surface area (TPSA) is 39.0 Å². The Bertz CT molecular complexity index is 666. The molecule has 1 atom stereocenters. The quantitative estimate of drug-likeness (QED) is 0.888. The van der Waals surface area contributed by atoms with Crippen molar-refractivity contribution in [1.82, 2.24) is 14.5 Å². The summed E-state index contributed by atoms with van der Waals surface area (Å²) < 4.78 is 3.43. The first-order valence-corrected chi connectivity index (χ1v) is 7.84. The average Bonchev–Trinajstić information content (AvgIpc) is 2.67. The number of nitrogens with zero attached hydrogens (tertiary/aromatic N) is 2. The normalized spacial score (nSPS) is 13.2. The molecule has 1 aromatic heterocycles. The molecule has 0 amide bonds. The van der Waals surface area contributed by atoms with E-state index in [2.05, 4.69) is 44.3 Å². The molecule has 0 aliphatic heterocycles. The molecule has 0 bridgehead atoms. The molecule has 1 unspecified atom stereocenters. The van der Waals surface area contributed by atoms with Crippen LogP contribution in [0.5, 0.6) is 0 Å². The standard InChI is InChI=1S/C17H27N3O/c1-6-9-18-14(10-12(2)3)13-7-8-15-16(11-13)20(5)17(21)19(15)4/h7-8,11-12,14,18H,6,9-10H2,1-5H3. The summed E-state index contributed by atoms with van der Waals surface area (Å²) in [6.07, 6.45) is 2.23. The van der Waals surface area contributed by atoms with Crippen molar-refractivity contribution >= 4 is 11.0 Å². The lowest BCUT2D eigenvalue weighted by Crippen LogP contribution is -2.23. The summed E-state index contributed by atoms with van der Waals surface area (Å²) in [6.45, 7) is 7.70. The maximum absolute atomic E-state index is 12.0. The molecule has 1 aromatic carbocycles. The zero-order chi connectivity index (χ0) is 15.6. The Hall–Kier alpha value is -1.55. The van der Waals surface area contributed by atoms with E-state index in [1.165, 1.54) is 5.56 Å². The molecule has 0 aliphatic rings. The number of fused-ring (bicyclic) bond motifs is 1. The maximum atomic E-state index is 12.0. The van der Waals surface area contributed by atoms with E-state index in [4.69, 9.17) is 0 Å². The Kier molecular flexibility index (Phi) is 4.88. The van der Waals surface area contributed by atoms with Crippen LogP contribution in [-0.2, 0) is 14.1 Å². The second-order valence-corrected chi connectivity index (χ2v) is 6.29. The summed E-state index contributed by atoms with van der Waals surface area (Å²) >= 11 is 0. The van der Waals surface area contributed by atoms with Gasteiger partial charge in [0, 0.05) is 20.1 Å². The van der Waals surface area contributed by atoms with Gasteiger partial charge in [-0.2, -0.15) is 0 Å². The van der Waals surface area contributed by atoms with Crippen LogP contribution in [-0.4, -0.2) is 15.7 Å². The molecule has 4 nitrogen and oxygen atoms in total. The Labute approximate surface area is 126 Å². The van der Waals surface area contributed by atoms with E-state index < -0.39 is 0 Å². The molecule has 1 N–H and O–H groups in total. The number of aromatic nitrogens is 2. The van der Waals surface area contributed by atoms with Gasteiger partial charge in [0.15, 0.2) is 0 Å². The Morgan fingerprint density at radius 2 is 1.81 bits per heavy atom. The SMILES string of the molecule is CCCNC(CC(C)C)c1ccc2c(c1)n(C)c(=O)n2C. The predicted octanol–water partition coefficient (Wildman–Crippen LogP) is 2.96. The lowest BCUT2D eigenvalue weighted by Gasteiger charge is -2.21. The number of rotatable bonds is 6. The van der Waals surface area contributed by atoms with Crippen LogP contribution in [0.3, 0.4) is 0 Å². The van der Waals surface area contributed by atoms with Crippen LogP contribution in [0.2, 0.25) is 0 Å². The first-order valence-electron chi connectivity index (χ1n) is 7.84. The molecule has 0 radical (unpaired) electrons. The molecule has 2 aromatic rings. The highest BCUT2D eigenvalue weighted by Gasteiger charge is 2.15. The van der Waals surface area contributed by atoms with E-state index in [0.29, 0.717) is 12.0 Å². The molecule has 0 fully saturated rings. The molecule has 2 rings (SSSR count). The summed E-state index contributed by atoms with van der Waals surface area (Å²) in [4.78, 5) is 12.0. The van der Waals surface area contributed by atoms with Crippen LogP contribution < -0.4 is 11.0 Å². The van der Waals surface area contributed by atoms with Gasteiger partial charge in [0.2, 0.25) is 0 Å². The third-order valence-electron chi connectivity index (χ3n) is 4.05. The molecule has 1 heterocycles. The van der Waals surface area contributed by atoms with Crippen LogP contribution in [0.4, 0.5) is 0 Å². The predicted molar refractivity (Wildman–Crippen MR) is 88.6 cm³/mol. The van der Waals surface area contributed by atoms with Crippen molar-refractivity contribution in [3.05, 3.63) is 34.2 Å². The molecule has 0 saturated carbocycles. The van der Waals surface area contributed by atoms with Crippen LogP contribution in [0.25, 0.3) is 11.0 Å². The van der Waals surface area contributed by atoms with Gasteiger partial charge in [-0.25, -0.2) is 4.79 Å². The van der Waals surface area contributed by atoms with Crippen LogP contribution in [0.15, 0.2) is 23.0 Å². The second kappa shape index (κ2) is 6.48. The first-order chi connectivity index (χ1) is 9.95. The fourth-order valence-corrected chi connectivity index (χ4v) is 2.87. The summed E-state index contributed by atoms with van der Waals surface area (Å²) in [7, 11) is 3.66. The van der Waals surface area contributed by atoms with Crippen molar-refractivity contribution in [3.63, 3.8) is 0 Å². The van der Waals surface area contributed by atoms with Crippen molar-refractivity contribution in [2.45, 2.75) is 39.7 Å². The maximum Gasteiger partial charge on any atom is 0.328 e. The van der Waals surface area contributed by atoms with Crippen molar-refractivity contribution in [3.8, 4) is 0 Å². The molecule has 0 aliphatic carbocycles. The van der Waals surface area contributed by atoms with Crippen molar-refractivity contribution < 1.29 is 0 Å². The summed E-state index contributed by atoms with van der Waals surface area (Å²) in [6, 6.07) is 6.72. The van der Waals surface area contributed by atoms with Gasteiger partial charge in [0.05, 0.1) is 11.0 Å². The molecule has 0 saturated heterocycles. The first kappa shape index (κ1) is 15.8. The number of imidazole rings is 1. The van der Waals surface area contributed by atoms with E-state index in [1.54, 1.807) is 9.13 Å². The highest BCUT2D eigenvalue weighted by Crippen LogP contribution is 2.24. The lowest BCUT2D eigenvalue weighted by atomic mass is 9.96. The van der Waals surface area contributed by atoms with E-state index in [1.807, 2.05) is 14.1 Å². The summed E-state index contributed by atoms with van der Waals surface area (Å²) in [5, 5.41) is 3.63. The molecule has 4 heteroatoms. The zero-order valence-electron chi connectivity index (χ0n) is 13.8. The van der Waals surface area contributed by atoms with Crippen molar-refractivity contribution in [1.29, 1.82) is 0 Å². The number of nitrogens with one attached hydrogen (secondary N) is 1. The van der Waals surface area contributed by atoms with Gasteiger partial charge in [-0.15, -0.1) is 0 Å². The molecule has 21 heavy (non-hydrogen) atoms. The van der Waals surface area contributed by atoms with Gasteiger partial charge in [-0.3, -0.25) is 9.13 Å². The summed E-state index contributed by atoms with van der Waals surface area (Å²) in [5.74, 6) is 0.634. The third kappa shape index (κ3) is 3.21. The monoisotopic (exact) mass is 289 g/mol. The zero-order valence-corrected chi connectivity index (χ0v) is 13.8. The Morgan fingerprint density at radius 3 is 2.43 bits per heavy atom. The van der Waals surface area contributed by atoms with Crippen LogP contribution in [0, 0.1) is 5.92 Å². The number of hydrogen-bond donors (Lipinski definition) is 1. The highest BCUT2D eigenvalue weighted by molar-refractivity contribution is 5.77. The van der Waals surface area contributed by atoms with E-state index in [-0.39, 0.29) is 5.69 Å². The van der Waals surface area contributed by atoms with Gasteiger partial charge < -0.3 is 5.32 Å². The smallest absolute Gasteiger partial charge is 0.310 e. The minimum atomic E-state index is 0.0316. The largest absolute Gasteiger partial charge is 0.328 e. The van der Waals surface area contributed by atoms with Gasteiger partial charge in [-0.1, -0.05) is 26.8 Å². The Balaban J connectivity index is 2.43. The number of aryl methyl sites for hydroxylation is 2. The fourth-order valence-electron chi connectivity index (χ4n) is 2.87. The van der Waals surface area contributed by atoms with Crippen molar-refractivity contribution in [2.24, 2.45) is 20.0 Å². The van der Waals surface area contributed by atoms with E-state index in [0.717, 1.165) is 30.4 Å². The van der Waals surface area contributed by atoms with Gasteiger partial charge in [-0.05, 0) is 43.0 Å². The van der Waals surface area contributed by atoms with E-state index in [9.17, 15) is 4.79 Å². The summed E-state index contributed by atoms with van der Waals surface area (Å²) in [5.41, 5.74) is 3.30. The van der Waals surface area contributed by atoms with Gasteiger partial charge >= 0.3 is 5.69 Å². The molecule has 116 valence electrons. The molecular weight excluding hydrogens is 262 g/mol. The second-order valence-electron chi connectivity index (χ2n) is 6.29. The highest BCUT2D eigenvalue weighted by atomic mass is 16.1. The fraction of sp³-hybridized carbons (Fsp3) is 0.588. The van der Waals surface area contributed by atoms with Gasteiger partial charge in [0.25, 0.3) is 0 Å².